The SMILES string of the molecule is Cc1ccc(Cl)cc1NC(=O)CCOC[C@H]1CCCO1. The minimum Gasteiger partial charge on any atom is -0.378 e. The molecule has 1 amide bonds. The Kier molecular flexibility index (Phi) is 5.83. The quantitative estimate of drug-likeness (QED) is 0.821. The molecule has 1 fully saturated rings. The summed E-state index contributed by atoms with van der Waals surface area (Å²) in [5.41, 5.74) is 1.74. The van der Waals surface area contributed by atoms with E-state index in [1.54, 1.807) is 12.1 Å². The third-order valence-electron chi connectivity index (χ3n) is 3.27. The van der Waals surface area contributed by atoms with Gasteiger partial charge in [-0.1, -0.05) is 17.7 Å². The van der Waals surface area contributed by atoms with Crippen molar-refractivity contribution in [2.24, 2.45) is 0 Å². The molecule has 0 spiro atoms. The zero-order valence-corrected chi connectivity index (χ0v) is 12.4. The van der Waals surface area contributed by atoms with Gasteiger partial charge in [-0.05, 0) is 37.5 Å². The third-order valence-corrected chi connectivity index (χ3v) is 3.51. The van der Waals surface area contributed by atoms with Gasteiger partial charge >= 0.3 is 0 Å². The van der Waals surface area contributed by atoms with Crippen LogP contribution in [-0.2, 0) is 14.3 Å². The molecule has 1 N–H and O–H groups in total. The second-order valence-corrected chi connectivity index (χ2v) is 5.40. The van der Waals surface area contributed by atoms with E-state index in [2.05, 4.69) is 5.32 Å². The predicted molar refractivity (Wildman–Crippen MR) is 79.2 cm³/mol. The van der Waals surface area contributed by atoms with Gasteiger partial charge in [-0.3, -0.25) is 4.79 Å². The van der Waals surface area contributed by atoms with Gasteiger partial charge in [0.25, 0.3) is 0 Å². The maximum absolute atomic E-state index is 11.8. The Hall–Kier alpha value is -1.10. The van der Waals surface area contributed by atoms with Crippen molar-refractivity contribution < 1.29 is 14.3 Å². The van der Waals surface area contributed by atoms with Crippen LogP contribution in [0.2, 0.25) is 5.02 Å². The molecule has 0 radical (unpaired) electrons. The summed E-state index contributed by atoms with van der Waals surface area (Å²) in [6.07, 6.45) is 2.68. The molecular weight excluding hydrogens is 278 g/mol. The topological polar surface area (TPSA) is 47.6 Å². The lowest BCUT2D eigenvalue weighted by Crippen LogP contribution is -2.18. The molecular formula is C15H20ClNO3. The largest absolute Gasteiger partial charge is 0.378 e. The van der Waals surface area contributed by atoms with Gasteiger partial charge in [-0.15, -0.1) is 0 Å². The predicted octanol–water partition coefficient (Wildman–Crippen LogP) is 3.17. The molecule has 1 atom stereocenters. The van der Waals surface area contributed by atoms with E-state index in [1.807, 2.05) is 13.0 Å². The van der Waals surface area contributed by atoms with Crippen LogP contribution in [0.25, 0.3) is 0 Å². The van der Waals surface area contributed by atoms with Gasteiger partial charge in [-0.25, -0.2) is 0 Å². The van der Waals surface area contributed by atoms with Gasteiger partial charge in [0.1, 0.15) is 0 Å². The first-order valence-corrected chi connectivity index (χ1v) is 7.28. The van der Waals surface area contributed by atoms with Crippen molar-refractivity contribution in [1.29, 1.82) is 0 Å². The van der Waals surface area contributed by atoms with Crippen molar-refractivity contribution in [2.45, 2.75) is 32.3 Å². The number of anilines is 1. The number of carbonyl (C=O) groups is 1. The first-order chi connectivity index (χ1) is 9.65. The standard InChI is InChI=1S/C15H20ClNO3/c1-11-4-5-12(16)9-14(11)17-15(18)6-8-19-10-13-3-2-7-20-13/h4-5,9,13H,2-3,6-8,10H2,1H3,(H,17,18)/t13-/m1/s1. The summed E-state index contributed by atoms with van der Waals surface area (Å²) in [6, 6.07) is 5.44. The number of ether oxygens (including phenoxy) is 2. The molecule has 1 aliphatic heterocycles. The Balaban J connectivity index is 1.68. The molecule has 0 bridgehead atoms. The van der Waals surface area contributed by atoms with Crippen LogP contribution < -0.4 is 5.32 Å². The third kappa shape index (κ3) is 4.78. The zero-order valence-electron chi connectivity index (χ0n) is 11.7. The molecule has 20 heavy (non-hydrogen) atoms. The molecule has 0 aromatic heterocycles. The van der Waals surface area contributed by atoms with Crippen molar-refractivity contribution in [1.82, 2.24) is 0 Å². The Morgan fingerprint density at radius 3 is 3.15 bits per heavy atom. The lowest BCUT2D eigenvalue weighted by molar-refractivity contribution is -0.117. The zero-order chi connectivity index (χ0) is 14.4. The minimum absolute atomic E-state index is 0.0669. The molecule has 1 saturated heterocycles. The Bertz CT molecular complexity index is 458. The molecule has 1 heterocycles. The first kappa shape index (κ1) is 15.3. The molecule has 110 valence electrons. The summed E-state index contributed by atoms with van der Waals surface area (Å²) in [7, 11) is 0. The smallest absolute Gasteiger partial charge is 0.226 e. The summed E-state index contributed by atoms with van der Waals surface area (Å²) in [5.74, 6) is -0.0669. The lowest BCUT2D eigenvalue weighted by Gasteiger charge is -2.11. The number of hydrogen-bond donors (Lipinski definition) is 1. The summed E-state index contributed by atoms with van der Waals surface area (Å²) in [4.78, 5) is 11.8. The summed E-state index contributed by atoms with van der Waals surface area (Å²) in [5, 5.41) is 3.46. The summed E-state index contributed by atoms with van der Waals surface area (Å²) >= 11 is 5.91. The summed E-state index contributed by atoms with van der Waals surface area (Å²) in [6.45, 7) is 3.73. The highest BCUT2D eigenvalue weighted by atomic mass is 35.5. The van der Waals surface area contributed by atoms with E-state index in [1.165, 1.54) is 0 Å². The molecule has 4 nitrogen and oxygen atoms in total. The van der Waals surface area contributed by atoms with Crippen LogP contribution >= 0.6 is 11.6 Å². The second kappa shape index (κ2) is 7.62. The number of benzene rings is 1. The molecule has 1 aromatic rings. The maximum Gasteiger partial charge on any atom is 0.226 e. The number of rotatable bonds is 6. The maximum atomic E-state index is 11.8. The van der Waals surface area contributed by atoms with Gasteiger partial charge in [0.15, 0.2) is 0 Å². The van der Waals surface area contributed by atoms with Gasteiger partial charge in [0.2, 0.25) is 5.91 Å². The van der Waals surface area contributed by atoms with Gasteiger partial charge < -0.3 is 14.8 Å². The highest BCUT2D eigenvalue weighted by Crippen LogP contribution is 2.20. The molecule has 5 heteroatoms. The number of hydrogen-bond acceptors (Lipinski definition) is 3. The highest BCUT2D eigenvalue weighted by molar-refractivity contribution is 6.31. The van der Waals surface area contributed by atoms with E-state index >= 15 is 0 Å². The van der Waals surface area contributed by atoms with Crippen LogP contribution in [0.3, 0.4) is 0 Å². The van der Waals surface area contributed by atoms with Crippen LogP contribution in [0.1, 0.15) is 24.8 Å². The fourth-order valence-corrected chi connectivity index (χ4v) is 2.27. The van der Waals surface area contributed by atoms with Crippen LogP contribution in [0.15, 0.2) is 18.2 Å². The van der Waals surface area contributed by atoms with E-state index < -0.39 is 0 Å². The van der Waals surface area contributed by atoms with Crippen molar-refractivity contribution in [3.05, 3.63) is 28.8 Å². The van der Waals surface area contributed by atoms with E-state index in [9.17, 15) is 4.79 Å². The molecule has 1 aromatic carbocycles. The van der Waals surface area contributed by atoms with E-state index in [4.69, 9.17) is 21.1 Å². The molecule has 1 aliphatic rings. The Morgan fingerprint density at radius 2 is 2.40 bits per heavy atom. The Labute approximate surface area is 124 Å². The van der Waals surface area contributed by atoms with Gasteiger partial charge in [-0.2, -0.15) is 0 Å². The number of aryl methyl sites for hydroxylation is 1. The van der Waals surface area contributed by atoms with Crippen LogP contribution in [-0.4, -0.2) is 31.8 Å². The van der Waals surface area contributed by atoms with Crippen molar-refractivity contribution in [2.75, 3.05) is 25.1 Å². The molecule has 0 unspecified atom stereocenters. The van der Waals surface area contributed by atoms with Crippen LogP contribution in [0.5, 0.6) is 0 Å². The number of amides is 1. The highest BCUT2D eigenvalue weighted by Gasteiger charge is 2.15. The molecule has 0 aliphatic carbocycles. The average Bonchev–Trinajstić information content (AvgIpc) is 2.92. The van der Waals surface area contributed by atoms with Gasteiger partial charge in [0, 0.05) is 17.3 Å². The van der Waals surface area contributed by atoms with Crippen molar-refractivity contribution >= 4 is 23.2 Å². The monoisotopic (exact) mass is 297 g/mol. The van der Waals surface area contributed by atoms with Crippen molar-refractivity contribution in [3.8, 4) is 0 Å². The van der Waals surface area contributed by atoms with E-state index in [-0.39, 0.29) is 12.0 Å². The fourth-order valence-electron chi connectivity index (χ4n) is 2.10. The molecule has 0 saturated carbocycles. The minimum atomic E-state index is -0.0669. The first-order valence-electron chi connectivity index (χ1n) is 6.90. The number of halogens is 1. The second-order valence-electron chi connectivity index (χ2n) is 4.97. The van der Waals surface area contributed by atoms with Crippen LogP contribution in [0, 0.1) is 6.92 Å². The Morgan fingerprint density at radius 1 is 1.55 bits per heavy atom. The fraction of sp³-hybridized carbons (Fsp3) is 0.533. The van der Waals surface area contributed by atoms with Crippen molar-refractivity contribution in [3.63, 3.8) is 0 Å². The normalized spacial score (nSPS) is 18.2. The van der Waals surface area contributed by atoms with E-state index in [0.29, 0.717) is 24.7 Å². The average molecular weight is 298 g/mol. The van der Waals surface area contributed by atoms with Gasteiger partial charge in [0.05, 0.1) is 25.7 Å². The number of carbonyl (C=O) groups excluding carboxylic acids is 1. The summed E-state index contributed by atoms with van der Waals surface area (Å²) < 4.78 is 10.9. The van der Waals surface area contributed by atoms with Crippen LogP contribution in [0.4, 0.5) is 5.69 Å². The lowest BCUT2D eigenvalue weighted by atomic mass is 10.2. The molecule has 2 rings (SSSR count). The van der Waals surface area contributed by atoms with E-state index in [0.717, 1.165) is 30.7 Å². The number of nitrogens with one attached hydrogen (secondary N) is 1.